The molecule has 9 heavy (non-hydrogen) atoms. The molecule has 3 heteroatoms. The van der Waals surface area contributed by atoms with Gasteiger partial charge in [0.1, 0.15) is 0 Å². The van der Waals surface area contributed by atoms with Crippen molar-refractivity contribution in [3.05, 3.63) is 18.0 Å². The van der Waals surface area contributed by atoms with E-state index in [9.17, 15) is 0 Å². The maximum atomic E-state index is 8.45. The Morgan fingerprint density at radius 3 is 3.11 bits per heavy atom. The van der Waals surface area contributed by atoms with Crippen molar-refractivity contribution >= 4 is 0 Å². The number of aliphatic hydroxyl groups excluding tert-OH is 1. The zero-order valence-corrected chi connectivity index (χ0v) is 5.33. The van der Waals surface area contributed by atoms with E-state index in [2.05, 4.69) is 11.2 Å². The van der Waals surface area contributed by atoms with Gasteiger partial charge in [-0.2, -0.15) is 5.10 Å². The summed E-state index contributed by atoms with van der Waals surface area (Å²) in [6, 6.07) is 2.89. The Labute approximate surface area is 53.9 Å². The molecule has 0 unspecified atom stereocenters. The predicted octanol–water partition coefficient (Wildman–Crippen LogP) is -0.0160. The molecule has 0 spiro atoms. The fraction of sp³-hybridized carbons (Fsp3) is 0.500. The molecule has 1 rings (SSSR count). The van der Waals surface area contributed by atoms with Crippen molar-refractivity contribution in [1.82, 2.24) is 9.78 Å². The van der Waals surface area contributed by atoms with Crippen LogP contribution in [0.3, 0.4) is 0 Å². The molecule has 49 valence electrons. The molecule has 3 nitrogen and oxygen atoms in total. The van der Waals surface area contributed by atoms with Gasteiger partial charge in [0.25, 0.3) is 0 Å². The Hall–Kier alpha value is -0.830. The third-order valence-corrected chi connectivity index (χ3v) is 1.03. The highest BCUT2D eigenvalue weighted by molar-refractivity contribution is 4.91. The highest BCUT2D eigenvalue weighted by Gasteiger charge is 1.90. The van der Waals surface area contributed by atoms with Crippen LogP contribution in [-0.4, -0.2) is 21.5 Å². The maximum absolute atomic E-state index is 8.45. The van der Waals surface area contributed by atoms with Gasteiger partial charge in [-0.25, -0.2) is 0 Å². The van der Waals surface area contributed by atoms with Crippen molar-refractivity contribution in [1.29, 1.82) is 0 Å². The molecular weight excluding hydrogens is 116 g/mol. The van der Waals surface area contributed by atoms with Crippen LogP contribution in [0.4, 0.5) is 0 Å². The Kier molecular flexibility index (Phi) is 1.85. The summed E-state index contributed by atoms with van der Waals surface area (Å²) < 4.78 is 1.66. The van der Waals surface area contributed by atoms with E-state index in [1.165, 1.54) is 0 Å². The number of aliphatic hydroxyl groups is 1. The summed E-state index contributed by atoms with van der Waals surface area (Å²) in [6.07, 6.45) is 1.73. The second kappa shape index (κ2) is 2.64. The van der Waals surface area contributed by atoms with E-state index in [0.29, 0.717) is 6.54 Å². The SMILES string of the molecule is Cc1[c]cn(CCO)n1. The molecule has 0 aromatic carbocycles. The van der Waals surface area contributed by atoms with E-state index in [1.807, 2.05) is 6.92 Å². The molecule has 0 aliphatic carbocycles. The van der Waals surface area contributed by atoms with Crippen LogP contribution in [0.25, 0.3) is 0 Å². The van der Waals surface area contributed by atoms with Crippen LogP contribution in [0, 0.1) is 13.0 Å². The van der Waals surface area contributed by atoms with Gasteiger partial charge in [0.15, 0.2) is 0 Å². The molecule has 1 radical (unpaired) electrons. The van der Waals surface area contributed by atoms with Crippen LogP contribution in [0.2, 0.25) is 0 Å². The fourth-order valence-electron chi connectivity index (χ4n) is 0.635. The third kappa shape index (κ3) is 1.54. The minimum Gasteiger partial charge on any atom is -0.394 e. The summed E-state index contributed by atoms with van der Waals surface area (Å²) in [5.41, 5.74) is 0.864. The normalized spacial score (nSPS) is 10.0. The molecule has 0 bridgehead atoms. The average molecular weight is 125 g/mol. The van der Waals surface area contributed by atoms with Crippen LogP contribution >= 0.6 is 0 Å². The molecule has 0 saturated heterocycles. The number of rotatable bonds is 2. The first-order valence-corrected chi connectivity index (χ1v) is 2.85. The molecule has 0 fully saturated rings. The van der Waals surface area contributed by atoms with Crippen molar-refractivity contribution in [3.8, 4) is 0 Å². The number of hydrogen-bond donors (Lipinski definition) is 1. The second-order valence-electron chi connectivity index (χ2n) is 1.85. The molecule has 1 aromatic rings. The van der Waals surface area contributed by atoms with Gasteiger partial charge in [0.2, 0.25) is 0 Å². The zero-order chi connectivity index (χ0) is 6.69. The lowest BCUT2D eigenvalue weighted by molar-refractivity contribution is 0.269. The van der Waals surface area contributed by atoms with Gasteiger partial charge in [0.05, 0.1) is 18.8 Å². The molecule has 0 amide bonds. The van der Waals surface area contributed by atoms with Crippen LogP contribution in [0.5, 0.6) is 0 Å². The quantitative estimate of drug-likeness (QED) is 0.603. The molecular formula is C6H9N2O. The molecule has 0 saturated carbocycles. The third-order valence-electron chi connectivity index (χ3n) is 1.03. The van der Waals surface area contributed by atoms with Crippen LogP contribution in [-0.2, 0) is 6.54 Å². The van der Waals surface area contributed by atoms with Crippen molar-refractivity contribution in [3.63, 3.8) is 0 Å². The number of aromatic nitrogens is 2. The van der Waals surface area contributed by atoms with E-state index in [-0.39, 0.29) is 6.61 Å². The molecule has 1 aromatic heterocycles. The van der Waals surface area contributed by atoms with Crippen LogP contribution < -0.4 is 0 Å². The summed E-state index contributed by atoms with van der Waals surface area (Å²) in [4.78, 5) is 0. The molecule has 0 atom stereocenters. The monoisotopic (exact) mass is 125 g/mol. The highest BCUT2D eigenvalue weighted by Crippen LogP contribution is 1.89. The van der Waals surface area contributed by atoms with Gasteiger partial charge < -0.3 is 5.11 Å². The summed E-state index contributed by atoms with van der Waals surface area (Å²) in [6.45, 7) is 2.56. The van der Waals surface area contributed by atoms with E-state index in [0.717, 1.165) is 5.69 Å². The van der Waals surface area contributed by atoms with E-state index in [4.69, 9.17) is 5.11 Å². The molecule has 0 aliphatic heterocycles. The summed E-state index contributed by atoms with van der Waals surface area (Å²) in [5, 5.41) is 12.5. The van der Waals surface area contributed by atoms with Crippen LogP contribution in [0.1, 0.15) is 5.69 Å². The van der Waals surface area contributed by atoms with Gasteiger partial charge in [-0.1, -0.05) is 0 Å². The lowest BCUT2D eigenvalue weighted by Gasteiger charge is -1.93. The van der Waals surface area contributed by atoms with Crippen molar-refractivity contribution in [2.24, 2.45) is 0 Å². The number of hydrogen-bond acceptors (Lipinski definition) is 2. The van der Waals surface area contributed by atoms with Gasteiger partial charge in [-0.3, -0.25) is 4.68 Å². The summed E-state index contributed by atoms with van der Waals surface area (Å²) >= 11 is 0. The number of aryl methyl sites for hydroxylation is 1. The predicted molar refractivity (Wildman–Crippen MR) is 32.9 cm³/mol. The Balaban J connectivity index is 2.61. The van der Waals surface area contributed by atoms with Crippen molar-refractivity contribution < 1.29 is 5.11 Å². The molecule has 1 N–H and O–H groups in total. The van der Waals surface area contributed by atoms with E-state index >= 15 is 0 Å². The van der Waals surface area contributed by atoms with Crippen LogP contribution in [0.15, 0.2) is 6.20 Å². The van der Waals surface area contributed by atoms with Gasteiger partial charge in [-0.05, 0) is 6.92 Å². The lowest BCUT2D eigenvalue weighted by Crippen LogP contribution is -2.01. The standard InChI is InChI=1S/C6H9N2O/c1-6-2-3-8(7-6)4-5-9/h3,9H,4-5H2,1H3. The smallest absolute Gasteiger partial charge is 0.0673 e. The minimum absolute atomic E-state index is 0.134. The first-order valence-electron chi connectivity index (χ1n) is 2.85. The topological polar surface area (TPSA) is 38.0 Å². The average Bonchev–Trinajstić information content (AvgIpc) is 2.17. The highest BCUT2D eigenvalue weighted by atomic mass is 16.3. The largest absolute Gasteiger partial charge is 0.394 e. The first-order chi connectivity index (χ1) is 4.33. The Morgan fingerprint density at radius 2 is 2.67 bits per heavy atom. The summed E-state index contributed by atoms with van der Waals surface area (Å²) in [5.74, 6) is 0. The fourth-order valence-corrected chi connectivity index (χ4v) is 0.635. The summed E-state index contributed by atoms with van der Waals surface area (Å²) in [7, 11) is 0. The molecule has 1 heterocycles. The maximum Gasteiger partial charge on any atom is 0.0673 e. The Morgan fingerprint density at radius 1 is 1.89 bits per heavy atom. The zero-order valence-electron chi connectivity index (χ0n) is 5.33. The van der Waals surface area contributed by atoms with Gasteiger partial charge >= 0.3 is 0 Å². The first kappa shape index (κ1) is 6.29. The van der Waals surface area contributed by atoms with Gasteiger partial charge in [-0.15, -0.1) is 0 Å². The van der Waals surface area contributed by atoms with E-state index < -0.39 is 0 Å². The Bertz CT molecular complexity index is 183. The lowest BCUT2D eigenvalue weighted by atomic mass is 10.5. The van der Waals surface area contributed by atoms with E-state index in [1.54, 1.807) is 10.9 Å². The van der Waals surface area contributed by atoms with Crippen molar-refractivity contribution in [2.75, 3.05) is 6.61 Å². The molecule has 0 aliphatic rings. The van der Waals surface area contributed by atoms with Crippen molar-refractivity contribution in [2.45, 2.75) is 13.5 Å². The van der Waals surface area contributed by atoms with Gasteiger partial charge in [0, 0.05) is 12.3 Å². The second-order valence-corrected chi connectivity index (χ2v) is 1.85. The number of nitrogens with zero attached hydrogens (tertiary/aromatic N) is 2. The minimum atomic E-state index is 0.134.